The Balaban J connectivity index is 2.33. The number of methoxy groups -OCH3 is 1. The lowest BCUT2D eigenvalue weighted by Gasteiger charge is -2.11. The molecule has 0 aliphatic heterocycles. The maximum atomic E-state index is 6.34. The van der Waals surface area contributed by atoms with Crippen LogP contribution in [-0.4, -0.2) is 16.7 Å². The van der Waals surface area contributed by atoms with Crippen molar-refractivity contribution >= 4 is 50.2 Å². The molecule has 0 atom stereocenters. The highest BCUT2D eigenvalue weighted by atomic mass is 79.9. The lowest BCUT2D eigenvalue weighted by molar-refractivity contribution is 0.412. The molecule has 0 saturated heterocycles. The number of hydrogen-bond acceptors (Lipinski definition) is 2. The summed E-state index contributed by atoms with van der Waals surface area (Å²) in [6.45, 7) is 0. The van der Waals surface area contributed by atoms with Crippen molar-refractivity contribution in [1.29, 1.82) is 0 Å². The third-order valence-corrected chi connectivity index (χ3v) is 4.41. The Bertz CT molecular complexity index is 817. The van der Waals surface area contributed by atoms with Gasteiger partial charge in [0.05, 0.1) is 39.2 Å². The molecular formula is C15H11BrCl2N2O. The van der Waals surface area contributed by atoms with E-state index in [1.165, 1.54) is 0 Å². The first-order valence-corrected chi connectivity index (χ1v) is 7.92. The molecule has 1 aromatic heterocycles. The van der Waals surface area contributed by atoms with E-state index < -0.39 is 0 Å². The van der Waals surface area contributed by atoms with Gasteiger partial charge in [0.25, 0.3) is 0 Å². The van der Waals surface area contributed by atoms with Crippen LogP contribution in [0, 0.1) is 0 Å². The Morgan fingerprint density at radius 2 is 2.10 bits per heavy atom. The molecule has 3 rings (SSSR count). The first-order chi connectivity index (χ1) is 10.2. The molecular weight excluding hydrogens is 375 g/mol. The van der Waals surface area contributed by atoms with Crippen LogP contribution in [0.25, 0.3) is 16.7 Å². The lowest BCUT2D eigenvalue weighted by atomic mass is 10.2. The van der Waals surface area contributed by atoms with Gasteiger partial charge >= 0.3 is 0 Å². The minimum Gasteiger partial charge on any atom is -0.495 e. The molecule has 3 nitrogen and oxygen atoms in total. The second-order valence-electron chi connectivity index (χ2n) is 4.42. The summed E-state index contributed by atoms with van der Waals surface area (Å²) in [7, 11) is 1.63. The molecule has 0 bridgehead atoms. The molecule has 108 valence electrons. The van der Waals surface area contributed by atoms with Crippen LogP contribution in [0.2, 0.25) is 5.02 Å². The maximum Gasteiger partial charge on any atom is 0.135 e. The van der Waals surface area contributed by atoms with Crippen LogP contribution < -0.4 is 4.74 Å². The lowest BCUT2D eigenvalue weighted by Crippen LogP contribution is -2.00. The second kappa shape index (κ2) is 5.87. The Morgan fingerprint density at radius 3 is 2.81 bits per heavy atom. The first kappa shape index (κ1) is 14.7. The summed E-state index contributed by atoms with van der Waals surface area (Å²) < 4.78 is 8.20. The van der Waals surface area contributed by atoms with Crippen LogP contribution in [0.1, 0.15) is 5.82 Å². The number of aromatic nitrogens is 2. The van der Waals surface area contributed by atoms with E-state index in [1.807, 2.05) is 41.0 Å². The topological polar surface area (TPSA) is 27.1 Å². The summed E-state index contributed by atoms with van der Waals surface area (Å²) in [6.07, 6.45) is 0. The number of nitrogens with zero attached hydrogens (tertiary/aromatic N) is 2. The van der Waals surface area contributed by atoms with Crippen molar-refractivity contribution in [2.75, 3.05) is 7.11 Å². The molecule has 0 spiro atoms. The van der Waals surface area contributed by atoms with Crippen LogP contribution in [0.15, 0.2) is 40.9 Å². The van der Waals surface area contributed by atoms with Crippen molar-refractivity contribution in [2.24, 2.45) is 0 Å². The van der Waals surface area contributed by atoms with E-state index in [4.69, 9.17) is 27.9 Å². The van der Waals surface area contributed by atoms with Gasteiger partial charge in [0.2, 0.25) is 0 Å². The van der Waals surface area contributed by atoms with E-state index in [2.05, 4.69) is 20.9 Å². The molecule has 0 unspecified atom stereocenters. The predicted octanol–water partition coefficient (Wildman–Crippen LogP) is 5.19. The van der Waals surface area contributed by atoms with Gasteiger partial charge in [0.1, 0.15) is 11.6 Å². The van der Waals surface area contributed by atoms with Gasteiger partial charge in [-0.2, -0.15) is 0 Å². The van der Waals surface area contributed by atoms with E-state index in [1.54, 1.807) is 7.11 Å². The minimum absolute atomic E-state index is 0.295. The van der Waals surface area contributed by atoms with Crippen LogP contribution in [0.4, 0.5) is 0 Å². The minimum atomic E-state index is 0.295. The quantitative estimate of drug-likeness (QED) is 0.580. The van der Waals surface area contributed by atoms with E-state index in [9.17, 15) is 0 Å². The Kier molecular flexibility index (Phi) is 4.11. The molecule has 0 fully saturated rings. The average Bonchev–Trinajstić information content (AvgIpc) is 2.88. The zero-order chi connectivity index (χ0) is 15.0. The summed E-state index contributed by atoms with van der Waals surface area (Å²) >= 11 is 15.8. The number of benzene rings is 2. The number of imidazole rings is 1. The van der Waals surface area contributed by atoms with Gasteiger partial charge in [-0.05, 0) is 40.2 Å². The fraction of sp³-hybridized carbons (Fsp3) is 0.133. The number of para-hydroxylation sites is 1. The Hall–Kier alpha value is -1.23. The summed E-state index contributed by atoms with van der Waals surface area (Å²) in [6, 6.07) is 11.5. The standard InChI is InChI=1S/C15H11BrCl2N2O/c1-21-13-7-9(5-6-10(13)16)20-14(8-17)19-12-4-2-3-11(18)15(12)20/h2-7H,8H2,1H3. The third kappa shape index (κ3) is 2.52. The summed E-state index contributed by atoms with van der Waals surface area (Å²) in [5.74, 6) is 1.77. The molecule has 1 heterocycles. The molecule has 0 saturated carbocycles. The second-order valence-corrected chi connectivity index (χ2v) is 5.95. The van der Waals surface area contributed by atoms with Crippen LogP contribution >= 0.6 is 39.1 Å². The average molecular weight is 386 g/mol. The van der Waals surface area contributed by atoms with Gasteiger partial charge in [0, 0.05) is 6.07 Å². The highest BCUT2D eigenvalue weighted by molar-refractivity contribution is 9.10. The van der Waals surface area contributed by atoms with Gasteiger partial charge < -0.3 is 4.74 Å². The van der Waals surface area contributed by atoms with Crippen molar-refractivity contribution < 1.29 is 4.74 Å². The van der Waals surface area contributed by atoms with Crippen molar-refractivity contribution in [3.8, 4) is 11.4 Å². The molecule has 0 N–H and O–H groups in total. The highest BCUT2D eigenvalue weighted by Gasteiger charge is 2.15. The number of rotatable bonds is 3. The number of hydrogen-bond donors (Lipinski definition) is 0. The normalized spacial score (nSPS) is 11.0. The number of halogens is 3. The summed E-state index contributed by atoms with van der Waals surface area (Å²) in [5, 5.41) is 0.637. The van der Waals surface area contributed by atoms with Crippen LogP contribution in [0.5, 0.6) is 5.75 Å². The maximum absolute atomic E-state index is 6.34. The van der Waals surface area contributed by atoms with Gasteiger partial charge in [-0.25, -0.2) is 4.98 Å². The van der Waals surface area contributed by atoms with Crippen molar-refractivity contribution in [2.45, 2.75) is 5.88 Å². The molecule has 0 amide bonds. The molecule has 2 aromatic carbocycles. The first-order valence-electron chi connectivity index (χ1n) is 6.21. The fourth-order valence-corrected chi connectivity index (χ4v) is 3.13. The fourth-order valence-electron chi connectivity index (χ4n) is 2.29. The Morgan fingerprint density at radius 1 is 1.29 bits per heavy atom. The molecule has 21 heavy (non-hydrogen) atoms. The van der Waals surface area contributed by atoms with E-state index in [-0.39, 0.29) is 0 Å². The SMILES string of the molecule is COc1cc(-n2c(CCl)nc3cccc(Cl)c32)ccc1Br. The Labute approximate surface area is 140 Å². The van der Waals surface area contributed by atoms with E-state index in [0.717, 1.165) is 32.8 Å². The molecule has 0 aliphatic rings. The van der Waals surface area contributed by atoms with E-state index in [0.29, 0.717) is 10.9 Å². The summed E-state index contributed by atoms with van der Waals surface area (Å²) in [4.78, 5) is 4.54. The zero-order valence-electron chi connectivity index (χ0n) is 11.1. The highest BCUT2D eigenvalue weighted by Crippen LogP contribution is 2.32. The van der Waals surface area contributed by atoms with Crippen molar-refractivity contribution in [1.82, 2.24) is 9.55 Å². The van der Waals surface area contributed by atoms with Crippen LogP contribution in [-0.2, 0) is 5.88 Å². The van der Waals surface area contributed by atoms with Gasteiger partial charge in [0.15, 0.2) is 0 Å². The molecule has 0 aliphatic carbocycles. The monoisotopic (exact) mass is 384 g/mol. The van der Waals surface area contributed by atoms with Gasteiger partial charge in [-0.1, -0.05) is 17.7 Å². The van der Waals surface area contributed by atoms with E-state index >= 15 is 0 Å². The zero-order valence-corrected chi connectivity index (χ0v) is 14.2. The number of fused-ring (bicyclic) bond motifs is 1. The van der Waals surface area contributed by atoms with Crippen LogP contribution in [0.3, 0.4) is 0 Å². The van der Waals surface area contributed by atoms with Gasteiger partial charge in [-0.3, -0.25) is 4.57 Å². The smallest absolute Gasteiger partial charge is 0.135 e. The molecule has 3 aromatic rings. The van der Waals surface area contributed by atoms with Gasteiger partial charge in [-0.15, -0.1) is 11.6 Å². The molecule has 6 heteroatoms. The summed E-state index contributed by atoms with van der Waals surface area (Å²) in [5.41, 5.74) is 2.57. The number of alkyl halides is 1. The van der Waals surface area contributed by atoms with Crippen molar-refractivity contribution in [3.05, 3.63) is 51.7 Å². The predicted molar refractivity (Wildman–Crippen MR) is 89.9 cm³/mol. The third-order valence-electron chi connectivity index (χ3n) is 3.21. The number of ether oxygens (including phenoxy) is 1. The molecule has 0 radical (unpaired) electrons. The van der Waals surface area contributed by atoms with Crippen molar-refractivity contribution in [3.63, 3.8) is 0 Å². The largest absolute Gasteiger partial charge is 0.495 e.